The van der Waals surface area contributed by atoms with Crippen molar-refractivity contribution in [1.82, 2.24) is 10.3 Å². The fourth-order valence-electron chi connectivity index (χ4n) is 2.08. The summed E-state index contributed by atoms with van der Waals surface area (Å²) in [7, 11) is 5.66. The van der Waals surface area contributed by atoms with Crippen molar-refractivity contribution in [2.24, 2.45) is 0 Å². The summed E-state index contributed by atoms with van der Waals surface area (Å²) in [6.45, 7) is 1.58. The normalized spacial score (nSPS) is 10.3. The second-order valence-corrected chi connectivity index (χ2v) is 4.73. The number of ether oxygens (including phenoxy) is 1. The van der Waals surface area contributed by atoms with E-state index >= 15 is 0 Å². The van der Waals surface area contributed by atoms with E-state index in [2.05, 4.69) is 21.3 Å². The van der Waals surface area contributed by atoms with Crippen LogP contribution in [0.5, 0.6) is 5.75 Å². The molecule has 4 nitrogen and oxygen atoms in total. The first-order valence-corrected chi connectivity index (χ1v) is 6.67. The van der Waals surface area contributed by atoms with Gasteiger partial charge in [0, 0.05) is 20.1 Å². The maximum absolute atomic E-state index is 5.25. The molecule has 1 aromatic heterocycles. The van der Waals surface area contributed by atoms with Crippen LogP contribution in [-0.4, -0.2) is 26.2 Å². The van der Waals surface area contributed by atoms with Gasteiger partial charge in [-0.2, -0.15) is 0 Å². The van der Waals surface area contributed by atoms with Crippen molar-refractivity contribution in [3.05, 3.63) is 53.7 Å². The topological polar surface area (TPSA) is 37.4 Å². The molecule has 4 heteroatoms. The van der Waals surface area contributed by atoms with Crippen LogP contribution in [0.2, 0.25) is 0 Å². The van der Waals surface area contributed by atoms with E-state index in [1.807, 2.05) is 50.5 Å². The Hall–Kier alpha value is -2.07. The highest BCUT2D eigenvalue weighted by atomic mass is 16.5. The summed E-state index contributed by atoms with van der Waals surface area (Å²) in [6, 6.07) is 14.2. The first-order chi connectivity index (χ1) is 9.72. The van der Waals surface area contributed by atoms with Gasteiger partial charge in [-0.15, -0.1) is 0 Å². The Labute approximate surface area is 120 Å². The molecule has 0 saturated heterocycles. The second kappa shape index (κ2) is 6.91. The molecule has 0 aliphatic rings. The summed E-state index contributed by atoms with van der Waals surface area (Å²) in [5.74, 6) is 1.85. The molecule has 2 rings (SSSR count). The van der Waals surface area contributed by atoms with Gasteiger partial charge in [0.25, 0.3) is 0 Å². The fourth-order valence-corrected chi connectivity index (χ4v) is 2.08. The highest BCUT2D eigenvalue weighted by molar-refractivity contribution is 5.40. The number of aromatic nitrogens is 1. The molecule has 1 heterocycles. The van der Waals surface area contributed by atoms with Gasteiger partial charge in [0.15, 0.2) is 0 Å². The van der Waals surface area contributed by atoms with Crippen LogP contribution in [0.25, 0.3) is 0 Å². The van der Waals surface area contributed by atoms with Gasteiger partial charge in [-0.25, -0.2) is 4.98 Å². The van der Waals surface area contributed by atoms with Crippen LogP contribution in [0, 0.1) is 0 Å². The average Bonchev–Trinajstić information content (AvgIpc) is 2.48. The average molecular weight is 271 g/mol. The second-order valence-electron chi connectivity index (χ2n) is 4.73. The molecule has 0 bridgehead atoms. The van der Waals surface area contributed by atoms with Crippen molar-refractivity contribution < 1.29 is 4.74 Å². The van der Waals surface area contributed by atoms with E-state index in [1.165, 1.54) is 5.56 Å². The number of nitrogens with one attached hydrogen (secondary N) is 1. The van der Waals surface area contributed by atoms with Gasteiger partial charge in [-0.05, 0) is 36.9 Å². The summed E-state index contributed by atoms with van der Waals surface area (Å²) in [4.78, 5) is 6.77. The first kappa shape index (κ1) is 14.3. The maximum Gasteiger partial charge on any atom is 0.128 e. The Morgan fingerprint density at radius 1 is 1.20 bits per heavy atom. The summed E-state index contributed by atoms with van der Waals surface area (Å²) in [5.41, 5.74) is 2.25. The summed E-state index contributed by atoms with van der Waals surface area (Å²) in [6.07, 6.45) is 0. The van der Waals surface area contributed by atoms with Crippen LogP contribution >= 0.6 is 0 Å². The van der Waals surface area contributed by atoms with Crippen molar-refractivity contribution in [1.29, 1.82) is 0 Å². The molecule has 106 valence electrons. The zero-order chi connectivity index (χ0) is 14.4. The molecule has 0 aliphatic carbocycles. The highest BCUT2D eigenvalue weighted by Crippen LogP contribution is 2.17. The molecule has 20 heavy (non-hydrogen) atoms. The number of hydrogen-bond donors (Lipinski definition) is 1. The predicted octanol–water partition coefficient (Wildman–Crippen LogP) is 2.45. The van der Waals surface area contributed by atoms with Gasteiger partial charge in [0.2, 0.25) is 0 Å². The predicted molar refractivity (Wildman–Crippen MR) is 82.1 cm³/mol. The molecule has 0 atom stereocenters. The summed E-state index contributed by atoms with van der Waals surface area (Å²) >= 11 is 0. The Balaban J connectivity index is 2.10. The van der Waals surface area contributed by atoms with Crippen LogP contribution in [0.15, 0.2) is 42.5 Å². The highest BCUT2D eigenvalue weighted by Gasteiger charge is 2.05. The molecule has 1 N–H and O–H groups in total. The smallest absolute Gasteiger partial charge is 0.128 e. The lowest BCUT2D eigenvalue weighted by molar-refractivity contribution is 0.414. The first-order valence-electron chi connectivity index (χ1n) is 6.67. The molecule has 0 amide bonds. The lowest BCUT2D eigenvalue weighted by Crippen LogP contribution is -2.18. The van der Waals surface area contributed by atoms with Crippen LogP contribution in [-0.2, 0) is 13.1 Å². The number of pyridine rings is 1. The monoisotopic (exact) mass is 271 g/mol. The van der Waals surface area contributed by atoms with E-state index in [4.69, 9.17) is 4.74 Å². The molecule has 0 fully saturated rings. The Kier molecular flexibility index (Phi) is 4.96. The Morgan fingerprint density at radius 2 is 2.00 bits per heavy atom. The number of hydrogen-bond acceptors (Lipinski definition) is 4. The zero-order valence-corrected chi connectivity index (χ0v) is 12.3. The number of benzene rings is 1. The molecule has 0 radical (unpaired) electrons. The molecular formula is C16H21N3O. The van der Waals surface area contributed by atoms with Gasteiger partial charge >= 0.3 is 0 Å². The number of methoxy groups -OCH3 is 1. The Bertz CT molecular complexity index is 557. The standard InChI is InChI=1S/C16H21N3O/c1-17-11-14-7-5-9-16(18-14)19(2)12-13-6-4-8-15(10-13)20-3/h4-10,17H,11-12H2,1-3H3. The van der Waals surface area contributed by atoms with E-state index in [-0.39, 0.29) is 0 Å². The van der Waals surface area contributed by atoms with Crippen molar-refractivity contribution in [3.8, 4) is 5.75 Å². The lowest BCUT2D eigenvalue weighted by atomic mass is 10.2. The van der Waals surface area contributed by atoms with Gasteiger partial charge in [-0.1, -0.05) is 18.2 Å². The molecule has 0 spiro atoms. The van der Waals surface area contributed by atoms with Gasteiger partial charge in [0.05, 0.1) is 12.8 Å². The molecule has 2 aromatic rings. The number of anilines is 1. The van der Waals surface area contributed by atoms with Crippen LogP contribution in [0.4, 0.5) is 5.82 Å². The third-order valence-electron chi connectivity index (χ3n) is 3.09. The van der Waals surface area contributed by atoms with E-state index in [0.29, 0.717) is 0 Å². The summed E-state index contributed by atoms with van der Waals surface area (Å²) in [5, 5.41) is 3.12. The minimum Gasteiger partial charge on any atom is -0.497 e. The van der Waals surface area contributed by atoms with Crippen LogP contribution in [0.1, 0.15) is 11.3 Å². The molecule has 0 aliphatic heterocycles. The number of rotatable bonds is 6. The zero-order valence-electron chi connectivity index (χ0n) is 12.3. The van der Waals surface area contributed by atoms with Gasteiger partial charge in [0.1, 0.15) is 11.6 Å². The quantitative estimate of drug-likeness (QED) is 0.875. The van der Waals surface area contributed by atoms with Crippen LogP contribution < -0.4 is 15.0 Å². The van der Waals surface area contributed by atoms with Gasteiger partial charge < -0.3 is 15.0 Å². The summed E-state index contributed by atoms with van der Waals surface area (Å²) < 4.78 is 5.25. The third kappa shape index (κ3) is 3.71. The van der Waals surface area contributed by atoms with E-state index in [9.17, 15) is 0 Å². The molecule has 0 saturated carbocycles. The maximum atomic E-state index is 5.25. The van der Waals surface area contributed by atoms with E-state index < -0.39 is 0 Å². The minimum absolute atomic E-state index is 0.779. The van der Waals surface area contributed by atoms with E-state index in [1.54, 1.807) is 7.11 Å². The molecular weight excluding hydrogens is 250 g/mol. The number of nitrogens with zero attached hydrogens (tertiary/aromatic N) is 2. The van der Waals surface area contributed by atoms with Crippen LogP contribution in [0.3, 0.4) is 0 Å². The third-order valence-corrected chi connectivity index (χ3v) is 3.09. The minimum atomic E-state index is 0.779. The van der Waals surface area contributed by atoms with Gasteiger partial charge in [-0.3, -0.25) is 0 Å². The molecule has 1 aromatic carbocycles. The van der Waals surface area contributed by atoms with Crippen molar-refractivity contribution in [2.45, 2.75) is 13.1 Å². The molecule has 0 unspecified atom stereocenters. The lowest BCUT2D eigenvalue weighted by Gasteiger charge is -2.19. The van der Waals surface area contributed by atoms with Crippen molar-refractivity contribution >= 4 is 5.82 Å². The Morgan fingerprint density at radius 3 is 2.75 bits per heavy atom. The van der Waals surface area contributed by atoms with Crippen molar-refractivity contribution in [3.63, 3.8) is 0 Å². The SMILES string of the molecule is CNCc1cccc(N(C)Cc2cccc(OC)c2)n1. The van der Waals surface area contributed by atoms with E-state index in [0.717, 1.165) is 30.4 Å². The largest absolute Gasteiger partial charge is 0.497 e. The fraction of sp³-hybridized carbons (Fsp3) is 0.312. The van der Waals surface area contributed by atoms with Crippen molar-refractivity contribution in [2.75, 3.05) is 26.1 Å².